The number of amides is 2. The molecule has 1 saturated heterocycles. The van der Waals surface area contributed by atoms with E-state index in [9.17, 15) is 9.59 Å². The third kappa shape index (κ3) is 4.32. The Bertz CT molecular complexity index is 544. The molecule has 0 aromatic heterocycles. The van der Waals surface area contributed by atoms with Gasteiger partial charge in [-0.3, -0.25) is 4.79 Å². The lowest BCUT2D eigenvalue weighted by Gasteiger charge is -2.27. The van der Waals surface area contributed by atoms with Gasteiger partial charge in [0.1, 0.15) is 6.61 Å². The van der Waals surface area contributed by atoms with Gasteiger partial charge in [-0.05, 0) is 23.8 Å². The number of nitrogens with zero attached hydrogens (tertiary/aromatic N) is 1. The zero-order valence-electron chi connectivity index (χ0n) is 14.1. The van der Waals surface area contributed by atoms with E-state index in [2.05, 4.69) is 0 Å². The summed E-state index contributed by atoms with van der Waals surface area (Å²) in [5.74, 6) is -0.0528. The fraction of sp³-hybridized carbons (Fsp3) is 0.556. The number of hydrogen-bond acceptors (Lipinski definition) is 4. The highest BCUT2D eigenvalue weighted by Gasteiger charge is 2.39. The summed E-state index contributed by atoms with van der Waals surface area (Å²) in [6, 6.07) is 9.21. The molecule has 3 atom stereocenters. The van der Waals surface area contributed by atoms with Gasteiger partial charge in [-0.1, -0.05) is 51.1 Å². The molecule has 0 radical (unpaired) electrons. The minimum absolute atomic E-state index is 0.153. The number of carbonyl (C=O) groups excluding carboxylic acids is 2. The number of likely N-dealkylation sites (tertiary alicyclic amines) is 1. The van der Waals surface area contributed by atoms with Crippen LogP contribution in [0.1, 0.15) is 32.8 Å². The number of ether oxygens (including phenoxy) is 1. The lowest BCUT2D eigenvalue weighted by atomic mass is 9.81. The molecular formula is C18H26N2O3. The highest BCUT2D eigenvalue weighted by Crippen LogP contribution is 2.30. The third-order valence-corrected chi connectivity index (χ3v) is 4.40. The molecule has 0 saturated carbocycles. The average molecular weight is 318 g/mol. The maximum Gasteiger partial charge on any atom is 0.416 e. The van der Waals surface area contributed by atoms with E-state index < -0.39 is 6.09 Å². The largest absolute Gasteiger partial charge is 0.444 e. The van der Waals surface area contributed by atoms with Gasteiger partial charge in [-0.25, -0.2) is 9.69 Å². The van der Waals surface area contributed by atoms with Crippen LogP contribution in [-0.4, -0.2) is 29.5 Å². The van der Waals surface area contributed by atoms with Crippen LogP contribution >= 0.6 is 0 Å². The molecule has 1 aromatic rings. The molecule has 1 aromatic carbocycles. The molecule has 2 amide bonds. The fourth-order valence-electron chi connectivity index (χ4n) is 3.35. The van der Waals surface area contributed by atoms with Gasteiger partial charge in [0.2, 0.25) is 5.91 Å². The molecule has 23 heavy (non-hydrogen) atoms. The van der Waals surface area contributed by atoms with Crippen molar-refractivity contribution in [1.29, 1.82) is 0 Å². The van der Waals surface area contributed by atoms with E-state index in [1.807, 2.05) is 51.1 Å². The van der Waals surface area contributed by atoms with Gasteiger partial charge in [0.05, 0.1) is 0 Å². The number of rotatable bonds is 3. The molecule has 5 heteroatoms. The number of benzene rings is 1. The zero-order valence-corrected chi connectivity index (χ0v) is 14.1. The minimum atomic E-state index is -0.603. The molecule has 126 valence electrons. The molecule has 0 spiro atoms. The van der Waals surface area contributed by atoms with Crippen molar-refractivity contribution in [3.8, 4) is 0 Å². The normalized spacial score (nSPS) is 25.3. The predicted octanol–water partition coefficient (Wildman–Crippen LogP) is 2.79. The molecule has 1 heterocycles. The molecule has 0 aliphatic carbocycles. The summed E-state index contributed by atoms with van der Waals surface area (Å²) in [5, 5.41) is 0. The summed E-state index contributed by atoms with van der Waals surface area (Å²) in [6.45, 7) is 6.41. The summed E-state index contributed by atoms with van der Waals surface area (Å²) >= 11 is 0. The van der Waals surface area contributed by atoms with Crippen molar-refractivity contribution in [2.24, 2.45) is 23.5 Å². The summed E-state index contributed by atoms with van der Waals surface area (Å²) in [5.41, 5.74) is 6.97. The number of imide groups is 1. The van der Waals surface area contributed by atoms with E-state index in [4.69, 9.17) is 10.5 Å². The van der Waals surface area contributed by atoms with Gasteiger partial charge in [0, 0.05) is 18.5 Å². The van der Waals surface area contributed by atoms with E-state index in [-0.39, 0.29) is 42.9 Å². The Balaban J connectivity index is 2.09. The second-order valence-electron chi connectivity index (χ2n) is 6.73. The monoisotopic (exact) mass is 318 g/mol. The summed E-state index contributed by atoms with van der Waals surface area (Å²) in [6.07, 6.45) is 0.130. The van der Waals surface area contributed by atoms with Crippen LogP contribution in [0.2, 0.25) is 0 Å². The summed E-state index contributed by atoms with van der Waals surface area (Å²) in [7, 11) is 0. The van der Waals surface area contributed by atoms with E-state index in [1.165, 1.54) is 4.90 Å². The highest BCUT2D eigenvalue weighted by molar-refractivity contribution is 5.93. The van der Waals surface area contributed by atoms with Gasteiger partial charge >= 0.3 is 6.09 Å². The molecule has 1 aliphatic rings. The van der Waals surface area contributed by atoms with Crippen molar-refractivity contribution in [3.63, 3.8) is 0 Å². The van der Waals surface area contributed by atoms with Crippen LogP contribution in [-0.2, 0) is 16.1 Å². The van der Waals surface area contributed by atoms with Crippen LogP contribution in [0.4, 0.5) is 4.79 Å². The lowest BCUT2D eigenvalue weighted by molar-refractivity contribution is -0.136. The van der Waals surface area contributed by atoms with Crippen molar-refractivity contribution in [2.75, 3.05) is 6.54 Å². The lowest BCUT2D eigenvalue weighted by Crippen LogP contribution is -2.45. The van der Waals surface area contributed by atoms with Crippen molar-refractivity contribution < 1.29 is 14.3 Å². The van der Waals surface area contributed by atoms with Crippen LogP contribution < -0.4 is 5.73 Å². The Morgan fingerprint density at radius 2 is 2.00 bits per heavy atom. The number of carbonyl (C=O) groups is 2. The molecule has 2 rings (SSSR count). The Morgan fingerprint density at radius 3 is 2.61 bits per heavy atom. The van der Waals surface area contributed by atoms with E-state index in [1.54, 1.807) is 0 Å². The second kappa shape index (κ2) is 7.59. The Hall–Kier alpha value is -1.88. The third-order valence-electron chi connectivity index (χ3n) is 4.40. The van der Waals surface area contributed by atoms with Crippen LogP contribution in [0.5, 0.6) is 0 Å². The van der Waals surface area contributed by atoms with Gasteiger partial charge in [-0.15, -0.1) is 0 Å². The SMILES string of the molecule is CC(C)[C@@H]1C(=O)N(C(=O)OCc2ccccc2)CC(N)CC1C. The molecule has 0 bridgehead atoms. The maximum atomic E-state index is 12.8. The molecule has 1 aliphatic heterocycles. The molecule has 2 unspecified atom stereocenters. The Morgan fingerprint density at radius 1 is 1.35 bits per heavy atom. The van der Waals surface area contributed by atoms with Gasteiger partial charge < -0.3 is 10.5 Å². The number of hydrogen-bond donors (Lipinski definition) is 1. The zero-order chi connectivity index (χ0) is 17.0. The number of nitrogens with two attached hydrogens (primary N) is 1. The van der Waals surface area contributed by atoms with Crippen LogP contribution in [0.25, 0.3) is 0 Å². The topological polar surface area (TPSA) is 72.6 Å². The Labute approximate surface area is 137 Å². The molecule has 5 nitrogen and oxygen atoms in total. The first kappa shape index (κ1) is 17.5. The van der Waals surface area contributed by atoms with Gasteiger partial charge in [0.25, 0.3) is 0 Å². The van der Waals surface area contributed by atoms with Crippen LogP contribution in [0.15, 0.2) is 30.3 Å². The van der Waals surface area contributed by atoms with Crippen molar-refractivity contribution in [3.05, 3.63) is 35.9 Å². The predicted molar refractivity (Wildman–Crippen MR) is 88.4 cm³/mol. The van der Waals surface area contributed by atoms with Crippen LogP contribution in [0, 0.1) is 17.8 Å². The van der Waals surface area contributed by atoms with Gasteiger partial charge in [0.15, 0.2) is 0 Å². The molecule has 1 fully saturated rings. The van der Waals surface area contributed by atoms with Crippen molar-refractivity contribution >= 4 is 12.0 Å². The van der Waals surface area contributed by atoms with E-state index >= 15 is 0 Å². The molecular weight excluding hydrogens is 292 g/mol. The van der Waals surface area contributed by atoms with Crippen LogP contribution in [0.3, 0.4) is 0 Å². The first-order valence-corrected chi connectivity index (χ1v) is 8.17. The Kier molecular flexibility index (Phi) is 5.77. The first-order valence-electron chi connectivity index (χ1n) is 8.17. The average Bonchev–Trinajstić information content (AvgIpc) is 2.61. The standard InChI is InChI=1S/C18H26N2O3/c1-12(2)16-13(3)9-15(19)10-20(17(16)21)18(22)23-11-14-7-5-4-6-8-14/h4-8,12-13,15-16H,9-11,19H2,1-3H3/t13?,15?,16-/m0/s1. The summed E-state index contributed by atoms with van der Waals surface area (Å²) in [4.78, 5) is 26.3. The van der Waals surface area contributed by atoms with Crippen molar-refractivity contribution in [1.82, 2.24) is 4.90 Å². The van der Waals surface area contributed by atoms with Gasteiger partial charge in [-0.2, -0.15) is 0 Å². The highest BCUT2D eigenvalue weighted by atomic mass is 16.6. The van der Waals surface area contributed by atoms with E-state index in [0.717, 1.165) is 12.0 Å². The van der Waals surface area contributed by atoms with Crippen molar-refractivity contribution in [2.45, 2.75) is 39.8 Å². The summed E-state index contributed by atoms with van der Waals surface area (Å²) < 4.78 is 5.32. The minimum Gasteiger partial charge on any atom is -0.444 e. The quantitative estimate of drug-likeness (QED) is 0.930. The first-order chi connectivity index (χ1) is 10.9. The fourth-order valence-corrected chi connectivity index (χ4v) is 3.35. The smallest absolute Gasteiger partial charge is 0.416 e. The van der Waals surface area contributed by atoms with E-state index in [0.29, 0.717) is 0 Å². The maximum absolute atomic E-state index is 12.8. The molecule has 2 N–H and O–H groups in total. The second-order valence-corrected chi connectivity index (χ2v) is 6.73.